The lowest BCUT2D eigenvalue weighted by Gasteiger charge is -2.22. The van der Waals surface area contributed by atoms with Gasteiger partial charge in [-0.05, 0) is 12.8 Å². The van der Waals surface area contributed by atoms with Gasteiger partial charge in [0.25, 0.3) is 0 Å². The van der Waals surface area contributed by atoms with Gasteiger partial charge >= 0.3 is 21.4 Å². The van der Waals surface area contributed by atoms with Crippen molar-refractivity contribution in [3.63, 3.8) is 0 Å². The van der Waals surface area contributed by atoms with E-state index in [1.165, 1.54) is 14.0 Å². The van der Waals surface area contributed by atoms with Crippen LogP contribution in [0.2, 0.25) is 0 Å². The van der Waals surface area contributed by atoms with Crippen LogP contribution in [0.1, 0.15) is 26.7 Å². The van der Waals surface area contributed by atoms with Gasteiger partial charge in [-0.2, -0.15) is 0 Å². The zero-order valence-electron chi connectivity index (χ0n) is 10.3. The van der Waals surface area contributed by atoms with Gasteiger partial charge in [0.05, 0.1) is 18.7 Å². The number of carbonyl (C=O) groups is 1. The molecule has 0 heterocycles. The van der Waals surface area contributed by atoms with Crippen LogP contribution in [0.4, 0.5) is 0 Å². The minimum atomic E-state index is -5.05. The molecule has 0 fully saturated rings. The van der Waals surface area contributed by atoms with Gasteiger partial charge in [0.1, 0.15) is 0 Å². The summed E-state index contributed by atoms with van der Waals surface area (Å²) < 4.78 is 30.5. The molecule has 3 atom stereocenters. The fraction of sp³-hybridized carbons (Fsp3) is 0.875. The molecule has 0 aliphatic carbocycles. The highest BCUT2D eigenvalue weighted by molar-refractivity contribution is 7.64. The molecular formula is C8H18O8P2. The highest BCUT2D eigenvalue weighted by Gasteiger charge is 2.38. The molecule has 0 bridgehead atoms. The molecule has 0 amide bonds. The van der Waals surface area contributed by atoms with Gasteiger partial charge in [-0.25, -0.2) is 8.88 Å². The number of ether oxygens (including phenoxy) is 1. The number of carbonyl (C=O) groups excluding carboxylic acids is 1. The molecule has 0 saturated heterocycles. The molecule has 3 unspecified atom stereocenters. The van der Waals surface area contributed by atoms with Gasteiger partial charge in [0.15, 0.2) is 0 Å². The SMILES string of the molecule is CCC(CC(C)P(=O)(O)OP(=O)(O)O)C(=O)OC. The molecular weight excluding hydrogens is 286 g/mol. The van der Waals surface area contributed by atoms with Crippen LogP contribution in [0.3, 0.4) is 0 Å². The van der Waals surface area contributed by atoms with E-state index < -0.39 is 33.0 Å². The molecule has 0 aromatic heterocycles. The Kier molecular flexibility index (Phi) is 6.71. The molecule has 10 heteroatoms. The lowest BCUT2D eigenvalue weighted by Crippen LogP contribution is -2.20. The molecule has 0 rings (SSSR count). The first-order valence-electron chi connectivity index (χ1n) is 5.20. The number of methoxy groups -OCH3 is 1. The van der Waals surface area contributed by atoms with Crippen LogP contribution in [0.5, 0.6) is 0 Å². The van der Waals surface area contributed by atoms with Gasteiger partial charge in [-0.1, -0.05) is 13.8 Å². The van der Waals surface area contributed by atoms with E-state index in [0.29, 0.717) is 6.42 Å². The second-order valence-corrected chi connectivity index (χ2v) is 7.49. The van der Waals surface area contributed by atoms with Crippen LogP contribution in [0.15, 0.2) is 0 Å². The molecule has 0 spiro atoms. The minimum Gasteiger partial charge on any atom is -0.469 e. The van der Waals surface area contributed by atoms with E-state index in [0.717, 1.165) is 0 Å². The summed E-state index contributed by atoms with van der Waals surface area (Å²) in [4.78, 5) is 37.7. The highest BCUT2D eigenvalue weighted by atomic mass is 31.3. The maximum absolute atomic E-state index is 11.6. The van der Waals surface area contributed by atoms with E-state index in [2.05, 4.69) is 9.05 Å². The molecule has 0 aromatic rings. The Bertz CT molecular complexity index is 375. The number of rotatable bonds is 7. The fourth-order valence-corrected chi connectivity index (χ4v) is 3.76. The summed E-state index contributed by atoms with van der Waals surface area (Å²) in [7, 11) is -8.35. The molecule has 0 aromatic carbocycles. The predicted molar refractivity (Wildman–Crippen MR) is 62.8 cm³/mol. The van der Waals surface area contributed by atoms with Crippen molar-refractivity contribution in [2.24, 2.45) is 5.92 Å². The summed E-state index contributed by atoms with van der Waals surface area (Å²) in [5.74, 6) is -1.16. The van der Waals surface area contributed by atoms with Crippen LogP contribution in [0, 0.1) is 5.92 Å². The van der Waals surface area contributed by atoms with Crippen molar-refractivity contribution in [3.8, 4) is 0 Å². The third-order valence-electron chi connectivity index (χ3n) is 2.43. The molecule has 0 aliphatic rings. The van der Waals surface area contributed by atoms with Gasteiger partial charge in [-0.15, -0.1) is 0 Å². The Balaban J connectivity index is 4.74. The Labute approximate surface area is 105 Å². The van der Waals surface area contributed by atoms with Gasteiger partial charge in [-0.3, -0.25) is 9.36 Å². The summed E-state index contributed by atoms with van der Waals surface area (Å²) in [6.07, 6.45) is 0.323. The number of esters is 1. The fourth-order valence-electron chi connectivity index (χ4n) is 1.37. The molecule has 0 saturated carbocycles. The molecule has 0 radical (unpaired) electrons. The Morgan fingerprint density at radius 2 is 1.78 bits per heavy atom. The first kappa shape index (κ1) is 17.8. The summed E-state index contributed by atoms with van der Waals surface area (Å²) in [5.41, 5.74) is -1.09. The number of hydrogen-bond donors (Lipinski definition) is 3. The average molecular weight is 304 g/mol. The minimum absolute atomic E-state index is 0.0586. The average Bonchev–Trinajstić information content (AvgIpc) is 2.20. The van der Waals surface area contributed by atoms with Crippen molar-refractivity contribution in [1.29, 1.82) is 0 Å². The lowest BCUT2D eigenvalue weighted by atomic mass is 10.0. The predicted octanol–water partition coefficient (Wildman–Crippen LogP) is 1.26. The zero-order chi connectivity index (χ0) is 14.6. The Hall–Kier alpha value is -0.230. The molecule has 18 heavy (non-hydrogen) atoms. The third-order valence-corrected chi connectivity index (χ3v) is 5.54. The lowest BCUT2D eigenvalue weighted by molar-refractivity contribution is -0.145. The van der Waals surface area contributed by atoms with Crippen LogP contribution < -0.4 is 0 Å². The van der Waals surface area contributed by atoms with E-state index in [9.17, 15) is 18.8 Å². The maximum Gasteiger partial charge on any atom is 0.476 e. The van der Waals surface area contributed by atoms with Crippen molar-refractivity contribution in [3.05, 3.63) is 0 Å². The van der Waals surface area contributed by atoms with Crippen molar-refractivity contribution in [1.82, 2.24) is 0 Å². The first-order chi connectivity index (χ1) is 8.03. The second kappa shape index (κ2) is 6.80. The zero-order valence-corrected chi connectivity index (χ0v) is 12.1. The van der Waals surface area contributed by atoms with Crippen molar-refractivity contribution in [2.75, 3.05) is 7.11 Å². The molecule has 8 nitrogen and oxygen atoms in total. The van der Waals surface area contributed by atoms with Crippen LogP contribution in [-0.2, 0) is 23.0 Å². The van der Waals surface area contributed by atoms with Crippen LogP contribution in [0.25, 0.3) is 0 Å². The summed E-state index contributed by atoms with van der Waals surface area (Å²) in [6, 6.07) is 0. The van der Waals surface area contributed by atoms with E-state index in [1.807, 2.05) is 0 Å². The smallest absolute Gasteiger partial charge is 0.469 e. The molecule has 108 valence electrons. The van der Waals surface area contributed by atoms with E-state index in [-0.39, 0.29) is 6.42 Å². The topological polar surface area (TPSA) is 130 Å². The molecule has 0 aliphatic heterocycles. The van der Waals surface area contributed by atoms with Crippen LogP contribution in [-0.4, -0.2) is 33.4 Å². The van der Waals surface area contributed by atoms with E-state index in [1.54, 1.807) is 6.92 Å². The van der Waals surface area contributed by atoms with E-state index >= 15 is 0 Å². The summed E-state index contributed by atoms with van der Waals surface area (Å²) in [5, 5.41) is 0. The van der Waals surface area contributed by atoms with Crippen molar-refractivity contribution in [2.45, 2.75) is 32.3 Å². The quantitative estimate of drug-likeness (QED) is 0.473. The molecule has 3 N–H and O–H groups in total. The number of hydrogen-bond acceptors (Lipinski definition) is 5. The van der Waals surface area contributed by atoms with Crippen molar-refractivity contribution >= 4 is 21.4 Å². The van der Waals surface area contributed by atoms with Gasteiger partial charge in [0, 0.05) is 0 Å². The van der Waals surface area contributed by atoms with Gasteiger partial charge in [0.2, 0.25) is 0 Å². The summed E-state index contributed by atoms with van der Waals surface area (Å²) in [6.45, 7) is 2.97. The Morgan fingerprint density at radius 3 is 2.11 bits per heavy atom. The highest BCUT2D eigenvalue weighted by Crippen LogP contribution is 2.60. The standard InChI is InChI=1S/C8H18O8P2/c1-4-7(8(9)15-3)5-6(2)17(10,11)16-18(12,13)14/h6-7H,4-5H2,1-3H3,(H,10,11)(H2,12,13,14). The van der Waals surface area contributed by atoms with E-state index in [4.69, 9.17) is 9.79 Å². The number of phosphoric acid groups is 1. The van der Waals surface area contributed by atoms with Crippen LogP contribution >= 0.6 is 15.4 Å². The second-order valence-electron chi connectivity index (χ2n) is 3.85. The monoisotopic (exact) mass is 304 g/mol. The van der Waals surface area contributed by atoms with Gasteiger partial charge < -0.3 is 19.4 Å². The third kappa shape index (κ3) is 6.09. The maximum atomic E-state index is 11.6. The summed E-state index contributed by atoms with van der Waals surface area (Å²) >= 11 is 0. The van der Waals surface area contributed by atoms with Crippen molar-refractivity contribution < 1.29 is 37.7 Å². The first-order valence-corrected chi connectivity index (χ1v) is 8.38. The largest absolute Gasteiger partial charge is 0.476 e. The Morgan fingerprint density at radius 1 is 1.28 bits per heavy atom. The normalized spacial score (nSPS) is 18.8.